The van der Waals surface area contributed by atoms with Crippen molar-refractivity contribution in [2.45, 2.75) is 31.7 Å². The summed E-state index contributed by atoms with van der Waals surface area (Å²) in [7, 11) is 0. The number of esters is 1. The van der Waals surface area contributed by atoms with Gasteiger partial charge in [-0.3, -0.25) is 9.59 Å². The molecule has 0 saturated heterocycles. The van der Waals surface area contributed by atoms with Crippen LogP contribution in [-0.4, -0.2) is 33.8 Å². The van der Waals surface area contributed by atoms with Gasteiger partial charge in [0.15, 0.2) is 5.69 Å². The first kappa shape index (κ1) is 23.4. The maximum Gasteiger partial charge on any atom is 0.364 e. The number of hydrogen-bond acceptors (Lipinski definition) is 5. The highest BCUT2D eigenvalue weighted by molar-refractivity contribution is 6.33. The maximum absolute atomic E-state index is 13.4. The summed E-state index contributed by atoms with van der Waals surface area (Å²) in [6.07, 6.45) is 3.47. The van der Waals surface area contributed by atoms with Gasteiger partial charge in [-0.25, -0.2) is 14.2 Å². The lowest BCUT2D eigenvalue weighted by Gasteiger charge is -2.28. The number of rotatable bonds is 6. The molecule has 0 bridgehead atoms. The lowest BCUT2D eigenvalue weighted by atomic mass is 9.85. The van der Waals surface area contributed by atoms with Crippen molar-refractivity contribution >= 4 is 35.1 Å². The third kappa shape index (κ3) is 5.60. The Labute approximate surface area is 199 Å². The molecule has 34 heavy (non-hydrogen) atoms. The molecule has 2 aromatic carbocycles. The van der Waals surface area contributed by atoms with E-state index in [1.165, 1.54) is 24.5 Å². The highest BCUT2D eigenvalue weighted by Crippen LogP contribution is 2.28. The second kappa shape index (κ2) is 10.5. The molecule has 4 rings (SSSR count). The number of para-hydroxylation sites is 1. The quantitative estimate of drug-likeness (QED) is 0.355. The van der Waals surface area contributed by atoms with E-state index in [-0.39, 0.29) is 40.0 Å². The van der Waals surface area contributed by atoms with E-state index in [9.17, 15) is 18.8 Å². The number of halogens is 2. The molecule has 0 radical (unpaired) electrons. The molecule has 1 aliphatic carbocycles. The second-order valence-electron chi connectivity index (χ2n) is 7.96. The molecule has 0 spiro atoms. The van der Waals surface area contributed by atoms with Crippen molar-refractivity contribution in [2.75, 3.05) is 5.32 Å². The summed E-state index contributed by atoms with van der Waals surface area (Å²) in [5.74, 6) is -1.88. The van der Waals surface area contributed by atoms with Crippen molar-refractivity contribution in [3.63, 3.8) is 0 Å². The van der Waals surface area contributed by atoms with Gasteiger partial charge in [0.2, 0.25) is 5.91 Å². The maximum atomic E-state index is 13.4. The minimum absolute atomic E-state index is 0.0153. The highest BCUT2D eigenvalue weighted by Gasteiger charge is 2.29. The Balaban J connectivity index is 1.30. The van der Waals surface area contributed by atoms with Gasteiger partial charge in [-0.05, 0) is 56.0 Å². The molecular weight excluding hydrogens is 463 g/mol. The number of amides is 2. The van der Waals surface area contributed by atoms with Gasteiger partial charge >= 0.3 is 5.97 Å². The van der Waals surface area contributed by atoms with Crippen LogP contribution in [0.25, 0.3) is 0 Å². The number of H-pyrrole nitrogens is 1. The molecule has 8 nitrogen and oxygen atoms in total. The van der Waals surface area contributed by atoms with Gasteiger partial charge in [-0.2, -0.15) is 0 Å². The van der Waals surface area contributed by atoms with Crippen LogP contribution in [0.5, 0.6) is 5.75 Å². The van der Waals surface area contributed by atoms with Gasteiger partial charge < -0.3 is 20.4 Å². The summed E-state index contributed by atoms with van der Waals surface area (Å²) < 4.78 is 18.7. The number of aromatic nitrogens is 2. The van der Waals surface area contributed by atoms with E-state index in [0.29, 0.717) is 31.4 Å². The largest absolute Gasteiger partial charge is 0.422 e. The Hall–Kier alpha value is -3.72. The van der Waals surface area contributed by atoms with Gasteiger partial charge in [0.05, 0.1) is 17.0 Å². The zero-order valence-corrected chi connectivity index (χ0v) is 18.8. The number of nitrogens with zero attached hydrogens (tertiary/aromatic N) is 1. The van der Waals surface area contributed by atoms with Crippen LogP contribution < -0.4 is 15.4 Å². The molecule has 0 unspecified atom stereocenters. The Morgan fingerprint density at radius 1 is 1.06 bits per heavy atom. The summed E-state index contributed by atoms with van der Waals surface area (Å²) in [6, 6.07) is 12.1. The van der Waals surface area contributed by atoms with Crippen molar-refractivity contribution < 1.29 is 23.5 Å². The third-order valence-electron chi connectivity index (χ3n) is 5.63. The van der Waals surface area contributed by atoms with Crippen LogP contribution in [0.4, 0.5) is 10.1 Å². The van der Waals surface area contributed by atoms with E-state index in [0.717, 1.165) is 0 Å². The van der Waals surface area contributed by atoms with Crippen molar-refractivity contribution in [2.24, 2.45) is 5.92 Å². The van der Waals surface area contributed by atoms with Gasteiger partial charge in [0, 0.05) is 12.0 Å². The molecule has 1 heterocycles. The fourth-order valence-electron chi connectivity index (χ4n) is 3.85. The number of ether oxygens (including phenoxy) is 1. The number of imidazole rings is 1. The van der Waals surface area contributed by atoms with Crippen LogP contribution in [0.2, 0.25) is 5.02 Å². The summed E-state index contributed by atoms with van der Waals surface area (Å²) in [5, 5.41) is 5.82. The van der Waals surface area contributed by atoms with Crippen molar-refractivity contribution in [1.82, 2.24) is 15.3 Å². The van der Waals surface area contributed by atoms with Gasteiger partial charge in [0.1, 0.15) is 17.3 Å². The van der Waals surface area contributed by atoms with Gasteiger partial charge in [0.25, 0.3) is 5.91 Å². The number of anilines is 1. The van der Waals surface area contributed by atoms with Crippen LogP contribution in [0.1, 0.15) is 46.7 Å². The predicted molar refractivity (Wildman–Crippen MR) is 123 cm³/mol. The highest BCUT2D eigenvalue weighted by atomic mass is 35.5. The minimum atomic E-state index is -0.742. The number of hydrogen-bond donors (Lipinski definition) is 3. The van der Waals surface area contributed by atoms with Crippen LogP contribution in [0.15, 0.2) is 54.9 Å². The van der Waals surface area contributed by atoms with Crippen molar-refractivity contribution in [3.8, 4) is 5.75 Å². The van der Waals surface area contributed by atoms with E-state index >= 15 is 0 Å². The van der Waals surface area contributed by atoms with Crippen LogP contribution >= 0.6 is 11.6 Å². The summed E-state index contributed by atoms with van der Waals surface area (Å²) in [6.45, 7) is 0. The Bertz CT molecular complexity index is 1190. The van der Waals surface area contributed by atoms with E-state index in [4.69, 9.17) is 16.3 Å². The van der Waals surface area contributed by atoms with Crippen LogP contribution in [0.3, 0.4) is 0 Å². The average Bonchev–Trinajstić information content (AvgIpc) is 3.33. The predicted octanol–water partition coefficient (Wildman–Crippen LogP) is 4.35. The van der Waals surface area contributed by atoms with E-state index in [1.807, 2.05) is 0 Å². The summed E-state index contributed by atoms with van der Waals surface area (Å²) in [4.78, 5) is 44.4. The number of nitrogens with one attached hydrogen (secondary N) is 3. The molecule has 1 fully saturated rings. The molecule has 2 amide bonds. The molecule has 0 atom stereocenters. The molecule has 1 saturated carbocycles. The van der Waals surface area contributed by atoms with Gasteiger partial charge in [-0.1, -0.05) is 29.8 Å². The van der Waals surface area contributed by atoms with E-state index < -0.39 is 17.7 Å². The third-order valence-corrected chi connectivity index (χ3v) is 5.96. The number of aromatic amines is 1. The minimum Gasteiger partial charge on any atom is -0.422 e. The number of benzene rings is 2. The van der Waals surface area contributed by atoms with Crippen molar-refractivity contribution in [3.05, 3.63) is 77.1 Å². The Morgan fingerprint density at radius 3 is 2.53 bits per heavy atom. The molecule has 0 aliphatic heterocycles. The Morgan fingerprint density at radius 2 is 1.79 bits per heavy atom. The molecule has 1 aliphatic rings. The van der Waals surface area contributed by atoms with Gasteiger partial charge in [-0.15, -0.1) is 0 Å². The molecule has 3 N–H and O–H groups in total. The Kier molecular flexibility index (Phi) is 7.22. The van der Waals surface area contributed by atoms with Crippen molar-refractivity contribution in [1.29, 1.82) is 0 Å². The molecule has 176 valence electrons. The lowest BCUT2D eigenvalue weighted by Crippen LogP contribution is -2.40. The molecule has 1 aromatic heterocycles. The molecule has 3 aromatic rings. The summed E-state index contributed by atoms with van der Waals surface area (Å²) in [5.41, 5.74) is 0.138. The zero-order chi connectivity index (χ0) is 24.1. The number of carbonyl (C=O) groups is 3. The molecule has 10 heteroatoms. The summed E-state index contributed by atoms with van der Waals surface area (Å²) >= 11 is 6.02. The number of carbonyl (C=O) groups excluding carboxylic acids is 3. The average molecular weight is 485 g/mol. The smallest absolute Gasteiger partial charge is 0.364 e. The lowest BCUT2D eigenvalue weighted by molar-refractivity contribution is -0.120. The normalized spacial score (nSPS) is 17.6. The first-order chi connectivity index (χ1) is 16.4. The fraction of sp³-hybridized carbons (Fsp3) is 0.250. The monoisotopic (exact) mass is 484 g/mol. The fourth-order valence-corrected chi connectivity index (χ4v) is 4.02. The van der Waals surface area contributed by atoms with E-state index in [2.05, 4.69) is 20.6 Å². The molecular formula is C24H22ClFN4O4. The first-order valence-electron chi connectivity index (χ1n) is 10.8. The van der Waals surface area contributed by atoms with E-state index in [1.54, 1.807) is 30.3 Å². The SMILES string of the molecule is O=C(Oc1ccccc1)c1nc[nH]c1C(=O)N[C@H]1CC[C@H](C(=O)Nc2cc(F)ccc2Cl)CC1. The topological polar surface area (TPSA) is 113 Å². The first-order valence-corrected chi connectivity index (χ1v) is 11.2. The van der Waals surface area contributed by atoms with Crippen LogP contribution in [0, 0.1) is 11.7 Å². The standard InChI is InChI=1S/C24H22ClFN4O4/c25-18-11-8-15(26)12-19(18)30-22(31)14-6-9-16(10-7-14)29-23(32)20-21(28-13-27-20)24(33)34-17-4-2-1-3-5-17/h1-5,8,11-14,16H,6-7,9-10H2,(H,27,28)(H,29,32)(H,30,31)/t14-,16-. The zero-order valence-electron chi connectivity index (χ0n) is 18.0. The van der Waals surface area contributed by atoms with Crippen LogP contribution in [-0.2, 0) is 4.79 Å². The second-order valence-corrected chi connectivity index (χ2v) is 8.37.